The number of nitrogens with zero attached hydrogens (tertiary/aromatic N) is 1. The Bertz CT molecular complexity index is 220. The van der Waals surface area contributed by atoms with Crippen molar-refractivity contribution < 1.29 is 19.8 Å². The lowest BCUT2D eigenvalue weighted by atomic mass is 10.2. The molecule has 0 unspecified atom stereocenters. The average molecular weight is 218 g/mol. The van der Waals surface area contributed by atoms with Gasteiger partial charge in [0.25, 0.3) is 0 Å². The molecule has 15 heavy (non-hydrogen) atoms. The van der Waals surface area contributed by atoms with Crippen LogP contribution < -0.4 is 5.32 Å². The van der Waals surface area contributed by atoms with Gasteiger partial charge in [-0.05, 0) is 13.3 Å². The van der Waals surface area contributed by atoms with Gasteiger partial charge in [-0.1, -0.05) is 6.92 Å². The molecule has 6 heteroatoms. The molecule has 0 heterocycles. The lowest BCUT2D eigenvalue weighted by Gasteiger charge is -2.22. The zero-order valence-electron chi connectivity index (χ0n) is 9.06. The maximum Gasteiger partial charge on any atom is 0.326 e. The van der Waals surface area contributed by atoms with Gasteiger partial charge in [0, 0.05) is 13.1 Å². The molecule has 0 aliphatic rings. The highest BCUT2D eigenvalue weighted by molar-refractivity contribution is 5.82. The van der Waals surface area contributed by atoms with Crippen molar-refractivity contribution in [1.29, 1.82) is 0 Å². The molecule has 3 N–H and O–H groups in total. The van der Waals surface area contributed by atoms with Crippen LogP contribution in [0.3, 0.4) is 0 Å². The maximum absolute atomic E-state index is 11.5. The fraction of sp³-hybridized carbons (Fsp3) is 0.778. The molecule has 0 aliphatic heterocycles. The van der Waals surface area contributed by atoms with E-state index in [9.17, 15) is 9.59 Å². The van der Waals surface area contributed by atoms with Gasteiger partial charge in [0.2, 0.25) is 0 Å². The molecule has 1 atom stereocenters. The SMILES string of the molecule is CC[C@@H](NC(=O)N(CC)CCO)C(=O)O. The maximum atomic E-state index is 11.5. The predicted octanol–water partition coefficient (Wildman–Crippen LogP) is -0.127. The van der Waals surface area contributed by atoms with Crippen molar-refractivity contribution in [3.63, 3.8) is 0 Å². The molecule has 0 saturated heterocycles. The summed E-state index contributed by atoms with van der Waals surface area (Å²) in [5.74, 6) is -1.05. The number of rotatable bonds is 6. The van der Waals surface area contributed by atoms with E-state index in [0.29, 0.717) is 13.0 Å². The number of aliphatic hydroxyl groups excluding tert-OH is 1. The van der Waals surface area contributed by atoms with Crippen LogP contribution in [0.4, 0.5) is 4.79 Å². The van der Waals surface area contributed by atoms with Gasteiger partial charge in [-0.25, -0.2) is 9.59 Å². The van der Waals surface area contributed by atoms with E-state index in [0.717, 1.165) is 0 Å². The minimum absolute atomic E-state index is 0.134. The third-order valence-corrected chi connectivity index (χ3v) is 2.04. The van der Waals surface area contributed by atoms with Crippen LogP contribution in [0.5, 0.6) is 0 Å². The Hall–Kier alpha value is -1.30. The smallest absolute Gasteiger partial charge is 0.326 e. The molecule has 6 nitrogen and oxygen atoms in total. The molecule has 0 rings (SSSR count). The summed E-state index contributed by atoms with van der Waals surface area (Å²) in [5.41, 5.74) is 0. The number of carboxylic acid groups (broad SMARTS) is 1. The second-order valence-electron chi connectivity index (χ2n) is 3.05. The summed E-state index contributed by atoms with van der Waals surface area (Å²) in [6.45, 7) is 3.95. The van der Waals surface area contributed by atoms with Crippen molar-refractivity contribution in [2.24, 2.45) is 0 Å². The number of hydrogen-bond acceptors (Lipinski definition) is 3. The Labute approximate surface area is 88.9 Å². The first-order chi connectivity index (χ1) is 7.06. The summed E-state index contributed by atoms with van der Waals surface area (Å²) in [6.07, 6.45) is 0.331. The Morgan fingerprint density at radius 3 is 2.33 bits per heavy atom. The second-order valence-corrected chi connectivity index (χ2v) is 3.05. The molecule has 0 aromatic carbocycles. The standard InChI is InChI=1S/C9H18N2O4/c1-3-7(8(13)14)10-9(15)11(4-2)5-6-12/h7,12H,3-6H2,1-2H3,(H,10,15)(H,13,14)/t7-/m1/s1. The van der Waals surface area contributed by atoms with E-state index in [2.05, 4.69) is 5.32 Å². The quantitative estimate of drug-likeness (QED) is 0.579. The van der Waals surface area contributed by atoms with Crippen LogP contribution in [0, 0.1) is 0 Å². The van der Waals surface area contributed by atoms with Crippen LogP contribution >= 0.6 is 0 Å². The molecule has 0 aromatic rings. The number of likely N-dealkylation sites (N-methyl/N-ethyl adjacent to an activating group) is 1. The van der Waals surface area contributed by atoms with Crippen molar-refractivity contribution in [3.8, 4) is 0 Å². The van der Waals surface area contributed by atoms with Crippen LogP contribution in [-0.2, 0) is 4.79 Å². The number of amides is 2. The van der Waals surface area contributed by atoms with Gasteiger partial charge in [-0.3, -0.25) is 0 Å². The molecule has 88 valence electrons. The third kappa shape index (κ3) is 4.64. The molecular formula is C9H18N2O4. The number of carbonyl (C=O) groups excluding carboxylic acids is 1. The highest BCUT2D eigenvalue weighted by Gasteiger charge is 2.20. The van der Waals surface area contributed by atoms with Gasteiger partial charge >= 0.3 is 12.0 Å². The predicted molar refractivity (Wildman–Crippen MR) is 54.6 cm³/mol. The summed E-state index contributed by atoms with van der Waals surface area (Å²) in [6, 6.07) is -1.33. The molecule has 0 aromatic heterocycles. The Balaban J connectivity index is 4.24. The monoisotopic (exact) mass is 218 g/mol. The van der Waals surface area contributed by atoms with Gasteiger partial charge in [0.1, 0.15) is 6.04 Å². The second kappa shape index (κ2) is 7.05. The summed E-state index contributed by atoms with van der Waals surface area (Å²) < 4.78 is 0. The van der Waals surface area contributed by atoms with Crippen LogP contribution in [0.1, 0.15) is 20.3 Å². The van der Waals surface area contributed by atoms with Gasteiger partial charge in [-0.15, -0.1) is 0 Å². The summed E-state index contributed by atoms with van der Waals surface area (Å²) in [4.78, 5) is 23.5. The van der Waals surface area contributed by atoms with E-state index in [1.807, 2.05) is 0 Å². The summed E-state index contributed by atoms with van der Waals surface area (Å²) in [7, 11) is 0. The fourth-order valence-electron chi connectivity index (χ4n) is 1.10. The van der Waals surface area contributed by atoms with Crippen molar-refractivity contribution in [2.45, 2.75) is 26.3 Å². The van der Waals surface area contributed by atoms with Crippen LogP contribution in [0.25, 0.3) is 0 Å². The largest absolute Gasteiger partial charge is 0.480 e. The van der Waals surface area contributed by atoms with Crippen molar-refractivity contribution in [3.05, 3.63) is 0 Å². The minimum Gasteiger partial charge on any atom is -0.480 e. The van der Waals surface area contributed by atoms with Gasteiger partial charge in [-0.2, -0.15) is 0 Å². The first-order valence-corrected chi connectivity index (χ1v) is 4.95. The molecule has 2 amide bonds. The van der Waals surface area contributed by atoms with Gasteiger partial charge < -0.3 is 20.4 Å². The minimum atomic E-state index is -1.05. The number of nitrogens with one attached hydrogen (secondary N) is 1. The first kappa shape index (κ1) is 13.7. The Morgan fingerprint density at radius 1 is 1.40 bits per heavy atom. The number of aliphatic hydroxyl groups is 1. The van der Waals surface area contributed by atoms with E-state index >= 15 is 0 Å². The molecule has 0 saturated carbocycles. The van der Waals surface area contributed by atoms with Gasteiger partial charge in [0.05, 0.1) is 6.61 Å². The van der Waals surface area contributed by atoms with Crippen LogP contribution in [0.2, 0.25) is 0 Å². The third-order valence-electron chi connectivity index (χ3n) is 2.04. The van der Waals surface area contributed by atoms with Crippen LogP contribution in [-0.4, -0.2) is 52.9 Å². The molecular weight excluding hydrogens is 200 g/mol. The lowest BCUT2D eigenvalue weighted by molar-refractivity contribution is -0.139. The van der Waals surface area contributed by atoms with Crippen LogP contribution in [0.15, 0.2) is 0 Å². The van der Waals surface area contributed by atoms with E-state index < -0.39 is 18.0 Å². The Morgan fingerprint density at radius 2 is 2.00 bits per heavy atom. The summed E-state index contributed by atoms with van der Waals surface area (Å²) >= 11 is 0. The number of urea groups is 1. The highest BCUT2D eigenvalue weighted by atomic mass is 16.4. The first-order valence-electron chi connectivity index (χ1n) is 4.95. The fourth-order valence-corrected chi connectivity index (χ4v) is 1.10. The number of carboxylic acids is 1. The van der Waals surface area contributed by atoms with E-state index in [-0.39, 0.29) is 13.2 Å². The zero-order chi connectivity index (χ0) is 11.8. The van der Waals surface area contributed by atoms with E-state index in [1.165, 1.54) is 4.90 Å². The van der Waals surface area contributed by atoms with Gasteiger partial charge in [0.15, 0.2) is 0 Å². The molecule has 0 radical (unpaired) electrons. The van der Waals surface area contributed by atoms with Crippen molar-refractivity contribution >= 4 is 12.0 Å². The lowest BCUT2D eigenvalue weighted by Crippen LogP contribution is -2.48. The summed E-state index contributed by atoms with van der Waals surface area (Å²) in [5, 5.41) is 19.8. The number of aliphatic carboxylic acids is 1. The number of hydrogen-bond donors (Lipinski definition) is 3. The molecule has 0 aliphatic carbocycles. The molecule has 0 spiro atoms. The normalized spacial score (nSPS) is 11.9. The average Bonchev–Trinajstić information content (AvgIpc) is 2.21. The van der Waals surface area contributed by atoms with E-state index in [4.69, 9.17) is 10.2 Å². The molecule has 0 fully saturated rings. The Kier molecular flexibility index (Phi) is 6.44. The topological polar surface area (TPSA) is 89.9 Å². The zero-order valence-corrected chi connectivity index (χ0v) is 9.06. The van der Waals surface area contributed by atoms with E-state index in [1.54, 1.807) is 13.8 Å². The van der Waals surface area contributed by atoms with Crippen molar-refractivity contribution in [1.82, 2.24) is 10.2 Å². The highest BCUT2D eigenvalue weighted by Crippen LogP contribution is 1.95. The van der Waals surface area contributed by atoms with Crippen molar-refractivity contribution in [2.75, 3.05) is 19.7 Å². The number of carbonyl (C=O) groups is 2. The molecule has 0 bridgehead atoms.